The smallest absolute Gasteiger partial charge is 0.250 e. The van der Waals surface area contributed by atoms with Crippen molar-refractivity contribution in [2.24, 2.45) is 17.6 Å². The second kappa shape index (κ2) is 6.21. The van der Waals surface area contributed by atoms with Crippen LogP contribution in [0.5, 0.6) is 0 Å². The summed E-state index contributed by atoms with van der Waals surface area (Å²) in [6, 6.07) is 6.32. The van der Waals surface area contributed by atoms with Gasteiger partial charge >= 0.3 is 0 Å². The van der Waals surface area contributed by atoms with Crippen LogP contribution < -0.4 is 16.2 Å². The molecule has 0 bridgehead atoms. The van der Waals surface area contributed by atoms with Gasteiger partial charge in [0.05, 0.1) is 17.2 Å². The lowest BCUT2D eigenvalue weighted by atomic mass is 9.82. The van der Waals surface area contributed by atoms with Gasteiger partial charge in [0.25, 0.3) is 5.91 Å². The molecule has 0 heterocycles. The van der Waals surface area contributed by atoms with Crippen molar-refractivity contribution in [3.63, 3.8) is 0 Å². The van der Waals surface area contributed by atoms with Crippen molar-refractivity contribution in [3.05, 3.63) is 42.0 Å². The topological polar surface area (TPSA) is 112 Å². The first-order valence-electron chi connectivity index (χ1n) is 6.56. The highest BCUT2D eigenvalue weighted by atomic mass is 16.4. The Morgan fingerprint density at radius 2 is 1.71 bits per heavy atom. The second-order valence-electron chi connectivity index (χ2n) is 4.87. The zero-order valence-corrected chi connectivity index (χ0v) is 11.2. The maximum atomic E-state index is 12.3. The van der Waals surface area contributed by atoms with Crippen molar-refractivity contribution in [1.82, 2.24) is 0 Å². The summed E-state index contributed by atoms with van der Waals surface area (Å²) >= 11 is 0. The quantitative estimate of drug-likeness (QED) is 0.762. The van der Waals surface area contributed by atoms with Gasteiger partial charge in [-0.25, -0.2) is 0 Å². The first kappa shape index (κ1) is 14.8. The molecule has 0 fully saturated rings. The van der Waals surface area contributed by atoms with Gasteiger partial charge in [-0.3, -0.25) is 9.59 Å². The first-order chi connectivity index (χ1) is 10.0. The lowest BCUT2D eigenvalue weighted by Crippen LogP contribution is -2.41. The van der Waals surface area contributed by atoms with Crippen LogP contribution in [0.25, 0.3) is 0 Å². The Balaban J connectivity index is 2.20. The fourth-order valence-electron chi connectivity index (χ4n) is 2.40. The predicted molar refractivity (Wildman–Crippen MR) is 74.0 cm³/mol. The molecule has 21 heavy (non-hydrogen) atoms. The number of carbonyl (C=O) groups excluding carboxylic acids is 3. The molecule has 0 aromatic heterocycles. The predicted octanol–water partition coefficient (Wildman–Crippen LogP) is 0.0563. The number of aliphatic carboxylic acids is 1. The van der Waals surface area contributed by atoms with Crippen molar-refractivity contribution in [1.29, 1.82) is 0 Å². The number of anilines is 1. The van der Waals surface area contributed by atoms with Crippen molar-refractivity contribution >= 4 is 23.5 Å². The molecule has 0 saturated carbocycles. The van der Waals surface area contributed by atoms with Crippen LogP contribution in [-0.4, -0.2) is 17.8 Å². The highest BCUT2D eigenvalue weighted by Crippen LogP contribution is 2.27. The number of hydrogen-bond acceptors (Lipinski definition) is 4. The maximum Gasteiger partial charge on any atom is 0.250 e. The number of nitrogens with one attached hydrogen (secondary N) is 1. The summed E-state index contributed by atoms with van der Waals surface area (Å²) in [4.78, 5) is 34.7. The number of amides is 2. The summed E-state index contributed by atoms with van der Waals surface area (Å²) in [5, 5.41) is 13.7. The standard InChI is InChI=1S/C15H16N2O4/c16-13(18)11-7-3-4-8-12(11)17-14(19)9-5-1-2-6-10(9)15(20)21/h1-4,7-10H,5-6H2,(H2,16,18)(H,17,19)(H,20,21)/p-1/t9-,10-/m1/s1. The molecular weight excluding hydrogens is 272 g/mol. The van der Waals surface area contributed by atoms with Crippen LogP contribution in [0.1, 0.15) is 23.2 Å². The summed E-state index contributed by atoms with van der Waals surface area (Å²) in [5.74, 6) is -3.95. The molecule has 1 aromatic carbocycles. The summed E-state index contributed by atoms with van der Waals surface area (Å²) in [6.45, 7) is 0. The average molecular weight is 287 g/mol. The summed E-state index contributed by atoms with van der Waals surface area (Å²) in [5.41, 5.74) is 5.70. The number of carboxylic acid groups (broad SMARTS) is 1. The molecule has 0 spiro atoms. The summed E-state index contributed by atoms with van der Waals surface area (Å²) in [7, 11) is 0. The number of nitrogens with two attached hydrogens (primary N) is 1. The van der Waals surface area contributed by atoms with Crippen LogP contribution >= 0.6 is 0 Å². The van der Waals surface area contributed by atoms with Gasteiger partial charge in [-0.05, 0) is 25.0 Å². The van der Waals surface area contributed by atoms with E-state index in [-0.39, 0.29) is 17.7 Å². The zero-order chi connectivity index (χ0) is 15.4. The van der Waals surface area contributed by atoms with Crippen LogP contribution in [0.2, 0.25) is 0 Å². The highest BCUT2D eigenvalue weighted by Gasteiger charge is 2.30. The minimum Gasteiger partial charge on any atom is -0.550 e. The van der Waals surface area contributed by atoms with Gasteiger partial charge in [-0.1, -0.05) is 24.3 Å². The van der Waals surface area contributed by atoms with Gasteiger partial charge in [0.15, 0.2) is 0 Å². The van der Waals surface area contributed by atoms with E-state index in [0.717, 1.165) is 0 Å². The third-order valence-electron chi connectivity index (χ3n) is 3.52. The lowest BCUT2D eigenvalue weighted by molar-refractivity contribution is -0.313. The maximum absolute atomic E-state index is 12.3. The number of para-hydroxylation sites is 1. The molecule has 0 unspecified atom stereocenters. The Bertz CT molecular complexity index is 609. The Morgan fingerprint density at radius 3 is 2.33 bits per heavy atom. The molecular formula is C15H15N2O4-. The zero-order valence-electron chi connectivity index (χ0n) is 11.2. The molecule has 0 aliphatic heterocycles. The molecule has 3 N–H and O–H groups in total. The largest absolute Gasteiger partial charge is 0.550 e. The van der Waals surface area contributed by atoms with E-state index in [9.17, 15) is 19.5 Å². The highest BCUT2D eigenvalue weighted by molar-refractivity contribution is 6.04. The third-order valence-corrected chi connectivity index (χ3v) is 3.52. The van der Waals surface area contributed by atoms with Crippen molar-refractivity contribution in [2.75, 3.05) is 5.32 Å². The molecule has 110 valence electrons. The van der Waals surface area contributed by atoms with Crippen molar-refractivity contribution < 1.29 is 19.5 Å². The van der Waals surface area contributed by atoms with Crippen LogP contribution in [0, 0.1) is 11.8 Å². The number of allylic oxidation sites excluding steroid dienone is 2. The van der Waals surface area contributed by atoms with E-state index in [1.807, 2.05) is 0 Å². The molecule has 2 atom stereocenters. The first-order valence-corrected chi connectivity index (χ1v) is 6.56. The van der Waals surface area contributed by atoms with Gasteiger partial charge in [0.2, 0.25) is 5.91 Å². The van der Waals surface area contributed by atoms with E-state index in [1.54, 1.807) is 30.4 Å². The number of hydrogen-bond donors (Lipinski definition) is 2. The van der Waals surface area contributed by atoms with E-state index >= 15 is 0 Å². The Morgan fingerprint density at radius 1 is 1.10 bits per heavy atom. The van der Waals surface area contributed by atoms with Crippen LogP contribution in [-0.2, 0) is 9.59 Å². The van der Waals surface area contributed by atoms with E-state index in [2.05, 4.69) is 5.32 Å². The Hall–Kier alpha value is -2.63. The molecule has 1 aromatic rings. The molecule has 2 amide bonds. The Labute approximate surface area is 121 Å². The van der Waals surface area contributed by atoms with E-state index in [1.165, 1.54) is 6.07 Å². The van der Waals surface area contributed by atoms with Gasteiger partial charge in [-0.15, -0.1) is 0 Å². The minimum absolute atomic E-state index is 0.183. The second-order valence-corrected chi connectivity index (χ2v) is 4.87. The normalized spacial score (nSPS) is 20.8. The monoisotopic (exact) mass is 287 g/mol. The van der Waals surface area contributed by atoms with E-state index < -0.39 is 29.6 Å². The SMILES string of the molecule is NC(=O)c1ccccc1NC(=O)[C@@H]1CC=CC[C@H]1C(=O)[O-]. The van der Waals surface area contributed by atoms with Crippen LogP contribution in [0.15, 0.2) is 36.4 Å². The third kappa shape index (κ3) is 3.28. The van der Waals surface area contributed by atoms with Gasteiger partial charge in [0, 0.05) is 11.9 Å². The molecule has 0 saturated heterocycles. The van der Waals surface area contributed by atoms with Crippen LogP contribution in [0.4, 0.5) is 5.69 Å². The fraction of sp³-hybridized carbons (Fsp3) is 0.267. The number of rotatable bonds is 4. The molecule has 1 aliphatic rings. The number of carboxylic acids is 1. The van der Waals surface area contributed by atoms with E-state index in [0.29, 0.717) is 6.42 Å². The fourth-order valence-corrected chi connectivity index (χ4v) is 2.40. The molecule has 6 nitrogen and oxygen atoms in total. The Kier molecular flexibility index (Phi) is 4.37. The number of carbonyl (C=O) groups is 3. The van der Waals surface area contributed by atoms with Crippen molar-refractivity contribution in [3.8, 4) is 0 Å². The van der Waals surface area contributed by atoms with Crippen molar-refractivity contribution in [2.45, 2.75) is 12.8 Å². The van der Waals surface area contributed by atoms with Gasteiger partial charge < -0.3 is 21.0 Å². The minimum atomic E-state index is -1.25. The van der Waals surface area contributed by atoms with Gasteiger partial charge in [-0.2, -0.15) is 0 Å². The average Bonchev–Trinajstić information content (AvgIpc) is 2.47. The number of benzene rings is 1. The molecule has 1 aliphatic carbocycles. The lowest BCUT2D eigenvalue weighted by Gasteiger charge is -2.28. The van der Waals surface area contributed by atoms with E-state index in [4.69, 9.17) is 5.73 Å². The molecule has 6 heteroatoms. The number of primary amides is 1. The summed E-state index contributed by atoms with van der Waals surface area (Å²) in [6.07, 6.45) is 4.08. The van der Waals surface area contributed by atoms with Gasteiger partial charge in [0.1, 0.15) is 0 Å². The summed E-state index contributed by atoms with van der Waals surface area (Å²) < 4.78 is 0. The molecule has 2 rings (SSSR count). The molecule has 0 radical (unpaired) electrons. The van der Waals surface area contributed by atoms with Crippen LogP contribution in [0.3, 0.4) is 0 Å².